The van der Waals surface area contributed by atoms with Gasteiger partial charge in [0.2, 0.25) is 0 Å². The lowest BCUT2D eigenvalue weighted by Crippen LogP contribution is -2.19. The first kappa shape index (κ1) is 11.0. The summed E-state index contributed by atoms with van der Waals surface area (Å²) < 4.78 is 10.2. The minimum atomic E-state index is -0.703. The monoisotopic (exact) mass is 239 g/mol. The third-order valence-electron chi connectivity index (χ3n) is 2.36. The van der Waals surface area contributed by atoms with E-state index in [4.69, 9.17) is 21.1 Å². The van der Waals surface area contributed by atoms with Crippen LogP contribution in [0.2, 0.25) is 0 Å². The highest BCUT2D eigenvalue weighted by atomic mass is 35.5. The van der Waals surface area contributed by atoms with Gasteiger partial charge < -0.3 is 9.47 Å². The Morgan fingerprint density at radius 2 is 1.88 bits per heavy atom. The number of alkyl halides is 1. The number of rotatable bonds is 2. The van der Waals surface area contributed by atoms with Crippen LogP contribution in [-0.4, -0.2) is 31.6 Å². The number of fused-ring (bicyclic) bond motifs is 1. The number of halogens is 1. The van der Waals surface area contributed by atoms with Crippen molar-refractivity contribution in [3.05, 3.63) is 17.7 Å². The van der Waals surface area contributed by atoms with Gasteiger partial charge in [0.05, 0.1) is 19.9 Å². The Morgan fingerprint density at radius 1 is 1.25 bits per heavy atom. The van der Waals surface area contributed by atoms with Gasteiger partial charge in [-0.1, -0.05) is 0 Å². The highest BCUT2D eigenvalue weighted by molar-refractivity contribution is 6.43. The molecule has 0 aliphatic carbocycles. The fourth-order valence-corrected chi connectivity index (χ4v) is 1.71. The fraction of sp³-hybridized carbons (Fsp3) is 0.273. The van der Waals surface area contributed by atoms with Crippen molar-refractivity contribution >= 4 is 29.3 Å². The van der Waals surface area contributed by atoms with Gasteiger partial charge >= 0.3 is 0 Å². The Balaban J connectivity index is 2.59. The lowest BCUT2D eigenvalue weighted by molar-refractivity contribution is 0.100. The van der Waals surface area contributed by atoms with Crippen LogP contribution < -0.4 is 9.47 Å². The summed E-state index contributed by atoms with van der Waals surface area (Å²) >= 11 is 5.79. The van der Waals surface area contributed by atoms with E-state index in [-0.39, 0.29) is 5.78 Å². The third-order valence-corrected chi connectivity index (χ3v) is 2.67. The molecule has 4 nitrogen and oxygen atoms in total. The number of methoxy groups -OCH3 is 2. The normalized spacial score (nSPS) is 18.2. The van der Waals surface area contributed by atoms with Crippen LogP contribution in [0.1, 0.15) is 10.4 Å². The Morgan fingerprint density at radius 3 is 2.50 bits per heavy atom. The molecule has 1 aliphatic heterocycles. The minimum absolute atomic E-state index is 0.174. The van der Waals surface area contributed by atoms with E-state index in [1.165, 1.54) is 20.4 Å². The number of aliphatic imine (C=N–C) groups is 1. The standard InChI is InChI=1S/C11H10ClNO3/c1-15-9-3-6-8(4-10(9)16-2)13-5-7(12)11(6)14/h3-5,7H,1-2H3. The second-order valence-corrected chi connectivity index (χ2v) is 3.74. The van der Waals surface area contributed by atoms with Gasteiger partial charge in [0.1, 0.15) is 5.38 Å². The van der Waals surface area contributed by atoms with Crippen LogP contribution >= 0.6 is 11.6 Å². The molecule has 0 aromatic heterocycles. The predicted molar refractivity (Wildman–Crippen MR) is 61.7 cm³/mol. The Hall–Kier alpha value is -1.55. The lowest BCUT2D eigenvalue weighted by atomic mass is 10.0. The first-order valence-electron chi connectivity index (χ1n) is 4.66. The van der Waals surface area contributed by atoms with Crippen molar-refractivity contribution in [3.8, 4) is 11.5 Å². The Kier molecular flexibility index (Phi) is 2.83. The first-order chi connectivity index (χ1) is 7.67. The maximum absolute atomic E-state index is 11.8. The molecule has 5 heteroatoms. The van der Waals surface area contributed by atoms with Crippen molar-refractivity contribution in [1.29, 1.82) is 0 Å². The molecule has 1 aromatic carbocycles. The highest BCUT2D eigenvalue weighted by Crippen LogP contribution is 2.37. The molecule has 1 atom stereocenters. The van der Waals surface area contributed by atoms with Crippen molar-refractivity contribution in [2.45, 2.75) is 5.38 Å². The van der Waals surface area contributed by atoms with E-state index >= 15 is 0 Å². The van der Waals surface area contributed by atoms with Gasteiger partial charge in [-0.05, 0) is 6.07 Å². The van der Waals surface area contributed by atoms with E-state index in [9.17, 15) is 4.79 Å². The molecule has 0 radical (unpaired) electrons. The average molecular weight is 240 g/mol. The number of ketones is 1. The van der Waals surface area contributed by atoms with Crippen molar-refractivity contribution in [2.75, 3.05) is 14.2 Å². The number of ether oxygens (including phenoxy) is 2. The molecule has 0 bridgehead atoms. The minimum Gasteiger partial charge on any atom is -0.493 e. The van der Waals surface area contributed by atoms with Crippen molar-refractivity contribution in [2.24, 2.45) is 4.99 Å². The van der Waals surface area contributed by atoms with Crippen molar-refractivity contribution in [1.82, 2.24) is 0 Å². The summed E-state index contributed by atoms with van der Waals surface area (Å²) in [7, 11) is 3.04. The SMILES string of the molecule is COc1cc2c(cc1OC)C(=O)C(Cl)C=N2. The average Bonchev–Trinajstić information content (AvgIpc) is 2.32. The number of carbonyl (C=O) groups excluding carboxylic acids is 1. The maximum Gasteiger partial charge on any atom is 0.188 e. The van der Waals surface area contributed by atoms with Gasteiger partial charge in [0, 0.05) is 17.8 Å². The van der Waals surface area contributed by atoms with Crippen LogP contribution in [0.15, 0.2) is 17.1 Å². The molecule has 1 unspecified atom stereocenters. The number of nitrogens with zero attached hydrogens (tertiary/aromatic N) is 1. The van der Waals surface area contributed by atoms with E-state index in [1.54, 1.807) is 12.1 Å². The van der Waals surface area contributed by atoms with Gasteiger partial charge in [-0.3, -0.25) is 9.79 Å². The van der Waals surface area contributed by atoms with E-state index in [2.05, 4.69) is 4.99 Å². The summed E-state index contributed by atoms with van der Waals surface area (Å²) in [4.78, 5) is 15.9. The summed E-state index contributed by atoms with van der Waals surface area (Å²) in [6, 6.07) is 3.26. The molecule has 0 amide bonds. The molecule has 1 aromatic rings. The summed E-state index contributed by atoms with van der Waals surface area (Å²) in [5.41, 5.74) is 1.01. The summed E-state index contributed by atoms with van der Waals surface area (Å²) in [5.74, 6) is 0.863. The van der Waals surface area contributed by atoms with Crippen LogP contribution in [0.4, 0.5) is 5.69 Å². The molecular formula is C11H10ClNO3. The highest BCUT2D eigenvalue weighted by Gasteiger charge is 2.24. The number of hydrogen-bond acceptors (Lipinski definition) is 4. The first-order valence-corrected chi connectivity index (χ1v) is 5.09. The molecule has 0 saturated heterocycles. The predicted octanol–water partition coefficient (Wildman–Crippen LogP) is 2.21. The number of carbonyl (C=O) groups is 1. The summed E-state index contributed by atoms with van der Waals surface area (Å²) in [6.45, 7) is 0. The zero-order valence-corrected chi connectivity index (χ0v) is 9.62. The molecular weight excluding hydrogens is 230 g/mol. The Bertz CT molecular complexity index is 471. The number of hydrogen-bond donors (Lipinski definition) is 0. The molecule has 0 fully saturated rings. The zero-order chi connectivity index (χ0) is 11.7. The molecule has 16 heavy (non-hydrogen) atoms. The van der Waals surface area contributed by atoms with Crippen molar-refractivity contribution in [3.63, 3.8) is 0 Å². The number of Topliss-reactive ketones (excluding diaryl/α,β-unsaturated/α-hetero) is 1. The van der Waals surface area contributed by atoms with E-state index in [0.717, 1.165) is 0 Å². The van der Waals surface area contributed by atoms with Crippen LogP contribution in [0.5, 0.6) is 11.5 Å². The lowest BCUT2D eigenvalue weighted by Gasteiger charge is -2.15. The number of benzene rings is 1. The van der Waals surface area contributed by atoms with Gasteiger partial charge in [0.15, 0.2) is 17.3 Å². The molecule has 0 spiro atoms. The van der Waals surface area contributed by atoms with Crippen LogP contribution in [0.3, 0.4) is 0 Å². The molecule has 0 N–H and O–H groups in total. The van der Waals surface area contributed by atoms with E-state index in [0.29, 0.717) is 22.7 Å². The van der Waals surface area contributed by atoms with Crippen LogP contribution in [0, 0.1) is 0 Å². The Labute approximate surface area is 97.8 Å². The molecule has 84 valence electrons. The fourth-order valence-electron chi connectivity index (χ4n) is 1.53. The van der Waals surface area contributed by atoms with Gasteiger partial charge in [0.25, 0.3) is 0 Å². The quantitative estimate of drug-likeness (QED) is 0.744. The maximum atomic E-state index is 11.8. The van der Waals surface area contributed by atoms with Crippen molar-refractivity contribution < 1.29 is 14.3 Å². The molecule has 1 aliphatic rings. The van der Waals surface area contributed by atoms with E-state index in [1.807, 2.05) is 0 Å². The van der Waals surface area contributed by atoms with Gasteiger partial charge in [-0.25, -0.2) is 0 Å². The van der Waals surface area contributed by atoms with Gasteiger partial charge in [-0.15, -0.1) is 11.6 Å². The van der Waals surface area contributed by atoms with Crippen LogP contribution in [-0.2, 0) is 0 Å². The molecule has 2 rings (SSSR count). The summed E-state index contributed by atoms with van der Waals surface area (Å²) in [5, 5.41) is -0.703. The second-order valence-electron chi connectivity index (χ2n) is 3.27. The molecule has 1 heterocycles. The molecule has 0 saturated carbocycles. The summed E-state index contributed by atoms with van der Waals surface area (Å²) in [6.07, 6.45) is 1.41. The topological polar surface area (TPSA) is 47.9 Å². The van der Waals surface area contributed by atoms with Crippen LogP contribution in [0.25, 0.3) is 0 Å². The van der Waals surface area contributed by atoms with E-state index < -0.39 is 5.38 Å². The third kappa shape index (κ3) is 1.65. The zero-order valence-electron chi connectivity index (χ0n) is 8.86. The largest absolute Gasteiger partial charge is 0.493 e. The van der Waals surface area contributed by atoms with Gasteiger partial charge in [-0.2, -0.15) is 0 Å². The second kappa shape index (κ2) is 4.14. The smallest absolute Gasteiger partial charge is 0.188 e.